The molecule has 1 fully saturated rings. The molecule has 0 saturated carbocycles. The van der Waals surface area contributed by atoms with Gasteiger partial charge in [0.15, 0.2) is 5.03 Å². The number of H-pyrrole nitrogens is 1. The molecule has 1 atom stereocenters. The molecule has 0 bridgehead atoms. The van der Waals surface area contributed by atoms with Gasteiger partial charge in [-0.15, -0.1) is 0 Å². The molecule has 0 spiro atoms. The lowest BCUT2D eigenvalue weighted by molar-refractivity contribution is 0.0692. The minimum absolute atomic E-state index is 0.0764. The maximum absolute atomic E-state index is 12.7. The maximum atomic E-state index is 12.7. The van der Waals surface area contributed by atoms with Crippen LogP contribution in [0.2, 0.25) is 0 Å². The van der Waals surface area contributed by atoms with E-state index in [0.29, 0.717) is 6.54 Å². The Labute approximate surface area is 118 Å². The Morgan fingerprint density at radius 2 is 2.25 bits per heavy atom. The summed E-state index contributed by atoms with van der Waals surface area (Å²) in [7, 11) is -3.84. The molecule has 0 amide bonds. The number of aromatic nitrogens is 2. The van der Waals surface area contributed by atoms with Crippen molar-refractivity contribution in [3.63, 3.8) is 0 Å². The minimum Gasteiger partial charge on any atom is -0.478 e. The molecule has 1 saturated heterocycles. The van der Waals surface area contributed by atoms with Crippen molar-refractivity contribution in [3.05, 3.63) is 11.8 Å². The second-order valence-corrected chi connectivity index (χ2v) is 6.77. The van der Waals surface area contributed by atoms with Crippen molar-refractivity contribution in [2.24, 2.45) is 0 Å². The van der Waals surface area contributed by atoms with Crippen LogP contribution in [0.25, 0.3) is 0 Å². The zero-order valence-corrected chi connectivity index (χ0v) is 12.2. The molecule has 1 aromatic heterocycles. The Balaban J connectivity index is 2.41. The molecule has 112 valence electrons. The molecule has 1 aromatic rings. The van der Waals surface area contributed by atoms with Crippen molar-refractivity contribution in [2.75, 3.05) is 6.54 Å². The van der Waals surface area contributed by atoms with Crippen molar-refractivity contribution in [1.29, 1.82) is 0 Å². The van der Waals surface area contributed by atoms with E-state index >= 15 is 0 Å². The van der Waals surface area contributed by atoms with Gasteiger partial charge >= 0.3 is 5.97 Å². The summed E-state index contributed by atoms with van der Waals surface area (Å²) in [4.78, 5) is 11.1. The first kappa shape index (κ1) is 15.0. The Morgan fingerprint density at radius 3 is 2.90 bits per heavy atom. The number of nitrogens with one attached hydrogen (secondary N) is 1. The van der Waals surface area contributed by atoms with Crippen LogP contribution in [0.5, 0.6) is 0 Å². The van der Waals surface area contributed by atoms with Crippen LogP contribution >= 0.6 is 0 Å². The molecule has 1 aliphatic heterocycles. The van der Waals surface area contributed by atoms with Gasteiger partial charge in [0.2, 0.25) is 0 Å². The zero-order valence-electron chi connectivity index (χ0n) is 11.4. The van der Waals surface area contributed by atoms with Gasteiger partial charge in [-0.05, 0) is 19.3 Å². The molecule has 0 aromatic carbocycles. The first-order valence-corrected chi connectivity index (χ1v) is 8.21. The summed E-state index contributed by atoms with van der Waals surface area (Å²) in [5.74, 6) is -1.29. The quantitative estimate of drug-likeness (QED) is 0.876. The van der Waals surface area contributed by atoms with Gasteiger partial charge in [0.25, 0.3) is 10.0 Å². The standard InChI is InChI=1S/C12H19N3O4S/c1-2-9-6-4-3-5-7-15(9)20(18,19)11-10(12(16)17)8-13-14-11/h8-9H,2-7H2,1H3,(H,13,14)(H,16,17). The number of nitrogens with zero attached hydrogens (tertiary/aromatic N) is 2. The Bertz CT molecular complexity index is 581. The van der Waals surface area contributed by atoms with Crippen LogP contribution in [0.15, 0.2) is 11.2 Å². The summed E-state index contributed by atoms with van der Waals surface area (Å²) in [5.41, 5.74) is -0.302. The average molecular weight is 301 g/mol. The highest BCUT2D eigenvalue weighted by Crippen LogP contribution is 2.26. The van der Waals surface area contributed by atoms with E-state index in [1.165, 1.54) is 4.31 Å². The predicted octanol–water partition coefficient (Wildman–Crippen LogP) is 1.45. The van der Waals surface area contributed by atoms with Crippen molar-refractivity contribution in [3.8, 4) is 0 Å². The van der Waals surface area contributed by atoms with Crippen LogP contribution in [0.1, 0.15) is 49.4 Å². The smallest absolute Gasteiger partial charge is 0.340 e. The van der Waals surface area contributed by atoms with Crippen molar-refractivity contribution in [1.82, 2.24) is 14.5 Å². The van der Waals surface area contributed by atoms with Crippen molar-refractivity contribution < 1.29 is 18.3 Å². The van der Waals surface area contributed by atoms with Crippen LogP contribution < -0.4 is 0 Å². The molecule has 8 heteroatoms. The highest BCUT2D eigenvalue weighted by Gasteiger charge is 2.35. The van der Waals surface area contributed by atoms with Gasteiger partial charge in [-0.25, -0.2) is 13.2 Å². The summed E-state index contributed by atoms with van der Waals surface area (Å²) >= 11 is 0. The highest BCUT2D eigenvalue weighted by atomic mass is 32.2. The highest BCUT2D eigenvalue weighted by molar-refractivity contribution is 7.89. The Hall–Kier alpha value is -1.41. The average Bonchev–Trinajstić information content (AvgIpc) is 2.78. The second kappa shape index (κ2) is 5.92. The SMILES string of the molecule is CCC1CCCCCN1S(=O)(=O)c1[nH]ncc1C(=O)O. The number of hydrogen-bond acceptors (Lipinski definition) is 4. The topological polar surface area (TPSA) is 103 Å². The lowest BCUT2D eigenvalue weighted by Crippen LogP contribution is -2.40. The number of hydrogen-bond donors (Lipinski definition) is 2. The molecule has 2 heterocycles. The molecule has 2 rings (SSSR count). The molecule has 7 nitrogen and oxygen atoms in total. The number of aromatic carboxylic acids is 1. The number of aromatic amines is 1. The number of carboxylic acids is 1. The van der Waals surface area contributed by atoms with E-state index in [4.69, 9.17) is 5.11 Å². The van der Waals surface area contributed by atoms with Crippen LogP contribution in [0.3, 0.4) is 0 Å². The number of carboxylic acid groups (broad SMARTS) is 1. The fourth-order valence-electron chi connectivity index (χ4n) is 2.62. The molecule has 1 unspecified atom stereocenters. The van der Waals surface area contributed by atoms with E-state index < -0.39 is 16.0 Å². The zero-order chi connectivity index (χ0) is 14.8. The predicted molar refractivity (Wildman–Crippen MR) is 72.0 cm³/mol. The third-order valence-electron chi connectivity index (χ3n) is 3.70. The van der Waals surface area contributed by atoms with Gasteiger partial charge in [0, 0.05) is 12.6 Å². The summed E-state index contributed by atoms with van der Waals surface area (Å²) in [6.07, 6.45) is 5.36. The largest absolute Gasteiger partial charge is 0.478 e. The fraction of sp³-hybridized carbons (Fsp3) is 0.667. The lowest BCUT2D eigenvalue weighted by Gasteiger charge is -2.27. The van der Waals surface area contributed by atoms with Gasteiger partial charge in [-0.2, -0.15) is 9.40 Å². The second-order valence-electron chi connectivity index (χ2n) is 4.95. The first-order chi connectivity index (χ1) is 9.48. The van der Waals surface area contributed by atoms with E-state index in [1.54, 1.807) is 0 Å². The van der Waals surface area contributed by atoms with E-state index in [2.05, 4.69) is 10.2 Å². The third-order valence-corrected chi connectivity index (χ3v) is 5.62. The van der Waals surface area contributed by atoms with Gasteiger partial charge < -0.3 is 5.11 Å². The Kier molecular flexibility index (Phi) is 4.44. The number of rotatable bonds is 4. The molecular formula is C12H19N3O4S. The van der Waals surface area contributed by atoms with E-state index in [1.807, 2.05) is 6.92 Å². The van der Waals surface area contributed by atoms with E-state index in [0.717, 1.165) is 38.3 Å². The molecule has 2 N–H and O–H groups in total. The summed E-state index contributed by atoms with van der Waals surface area (Å²) in [6, 6.07) is -0.0764. The van der Waals surface area contributed by atoms with Gasteiger partial charge in [-0.1, -0.05) is 19.8 Å². The van der Waals surface area contributed by atoms with Gasteiger partial charge in [0.05, 0.1) is 6.20 Å². The summed E-state index contributed by atoms with van der Waals surface area (Å²) in [6.45, 7) is 2.38. The molecular weight excluding hydrogens is 282 g/mol. The molecule has 0 aliphatic carbocycles. The van der Waals surface area contributed by atoms with Gasteiger partial charge in [0.1, 0.15) is 5.56 Å². The van der Waals surface area contributed by atoms with Crippen molar-refractivity contribution >= 4 is 16.0 Å². The van der Waals surface area contributed by atoms with E-state index in [-0.39, 0.29) is 16.6 Å². The minimum atomic E-state index is -3.84. The summed E-state index contributed by atoms with van der Waals surface area (Å²) in [5, 5.41) is 14.6. The first-order valence-electron chi connectivity index (χ1n) is 6.77. The number of carbonyl (C=O) groups is 1. The van der Waals surface area contributed by atoms with Crippen LogP contribution in [-0.4, -0.2) is 46.6 Å². The maximum Gasteiger partial charge on any atom is 0.340 e. The fourth-order valence-corrected chi connectivity index (χ4v) is 4.45. The number of sulfonamides is 1. The van der Waals surface area contributed by atoms with Crippen LogP contribution in [0, 0.1) is 0 Å². The molecule has 0 radical (unpaired) electrons. The van der Waals surface area contributed by atoms with Crippen LogP contribution in [0.4, 0.5) is 0 Å². The Morgan fingerprint density at radius 1 is 1.50 bits per heavy atom. The normalized spacial score (nSPS) is 21.6. The van der Waals surface area contributed by atoms with Crippen molar-refractivity contribution in [2.45, 2.75) is 50.1 Å². The van der Waals surface area contributed by atoms with Gasteiger partial charge in [-0.3, -0.25) is 5.10 Å². The summed E-state index contributed by atoms with van der Waals surface area (Å²) < 4.78 is 26.8. The third kappa shape index (κ3) is 2.71. The van der Waals surface area contributed by atoms with E-state index in [9.17, 15) is 13.2 Å². The molecule has 20 heavy (non-hydrogen) atoms. The molecule has 1 aliphatic rings. The monoisotopic (exact) mass is 301 g/mol. The van der Waals surface area contributed by atoms with Crippen LogP contribution in [-0.2, 0) is 10.0 Å². The lowest BCUT2D eigenvalue weighted by atomic mass is 10.1.